The van der Waals surface area contributed by atoms with Crippen molar-refractivity contribution in [2.45, 2.75) is 33.0 Å². The van der Waals surface area contributed by atoms with Gasteiger partial charge in [-0.3, -0.25) is 0 Å². The average molecular weight is 376 g/mol. The summed E-state index contributed by atoms with van der Waals surface area (Å²) >= 11 is 8.41. The lowest BCUT2D eigenvalue weighted by Crippen LogP contribution is -2.18. The van der Waals surface area contributed by atoms with Crippen molar-refractivity contribution < 1.29 is 0 Å². The summed E-state index contributed by atoms with van der Waals surface area (Å²) in [6.45, 7) is 2.02. The van der Waals surface area contributed by atoms with E-state index in [-0.39, 0.29) is 6.04 Å². The lowest BCUT2D eigenvalue weighted by atomic mass is 10.1. The molecule has 7 heteroatoms. The summed E-state index contributed by atoms with van der Waals surface area (Å²) in [5.41, 5.74) is 7.15. The fourth-order valence-electron chi connectivity index (χ4n) is 1.57. The van der Waals surface area contributed by atoms with E-state index in [1.165, 1.54) is 10.5 Å². The zero-order chi connectivity index (χ0) is 13.8. The van der Waals surface area contributed by atoms with Gasteiger partial charge in [-0.25, -0.2) is 0 Å². The quantitative estimate of drug-likeness (QED) is 0.798. The van der Waals surface area contributed by atoms with Gasteiger partial charge in [-0.2, -0.15) is 0 Å². The molecule has 3 nitrogen and oxygen atoms in total. The van der Waals surface area contributed by atoms with Crippen LogP contribution in [0.1, 0.15) is 12.5 Å². The summed E-state index contributed by atoms with van der Waals surface area (Å²) in [6.07, 6.45) is 2.87. The average Bonchev–Trinajstić information content (AvgIpc) is 2.80. The van der Waals surface area contributed by atoms with E-state index < -0.39 is 0 Å². The van der Waals surface area contributed by atoms with Crippen molar-refractivity contribution in [1.29, 1.82) is 0 Å². The number of hydrogen-bond donors (Lipinski definition) is 1. The third-order valence-electron chi connectivity index (χ3n) is 2.32. The minimum absolute atomic E-state index is 0.143. The predicted molar refractivity (Wildman–Crippen MR) is 87.3 cm³/mol. The highest BCUT2D eigenvalue weighted by Gasteiger charge is 2.11. The molecule has 1 unspecified atom stereocenters. The lowest BCUT2D eigenvalue weighted by molar-refractivity contribution is 0.729. The molecule has 0 aliphatic carbocycles. The Morgan fingerprint density at radius 2 is 2.11 bits per heavy atom. The van der Waals surface area contributed by atoms with Crippen LogP contribution in [0.4, 0.5) is 0 Å². The Labute approximate surface area is 133 Å². The summed E-state index contributed by atoms with van der Waals surface area (Å²) in [5.74, 6) is 0. The van der Waals surface area contributed by atoms with Crippen molar-refractivity contribution in [2.24, 2.45) is 5.73 Å². The monoisotopic (exact) mass is 375 g/mol. The molecular formula is C12H14BrN3S3. The van der Waals surface area contributed by atoms with Crippen LogP contribution in [-0.2, 0) is 6.42 Å². The van der Waals surface area contributed by atoms with Crippen molar-refractivity contribution in [3.8, 4) is 0 Å². The first-order valence-corrected chi connectivity index (χ1v) is 9.33. The summed E-state index contributed by atoms with van der Waals surface area (Å²) in [6, 6.07) is 6.42. The fraction of sp³-hybridized carbons (Fsp3) is 0.333. The first kappa shape index (κ1) is 15.3. The molecule has 0 radical (unpaired) electrons. The molecule has 1 aromatic carbocycles. The number of rotatable bonds is 5. The van der Waals surface area contributed by atoms with E-state index in [1.54, 1.807) is 34.9 Å². The van der Waals surface area contributed by atoms with Crippen LogP contribution in [0.2, 0.25) is 0 Å². The molecule has 0 fully saturated rings. The van der Waals surface area contributed by atoms with Crippen molar-refractivity contribution in [3.63, 3.8) is 0 Å². The van der Waals surface area contributed by atoms with Crippen molar-refractivity contribution in [3.05, 3.63) is 28.2 Å². The Hall–Kier alpha value is -0.0800. The molecule has 19 heavy (non-hydrogen) atoms. The van der Waals surface area contributed by atoms with E-state index in [0.29, 0.717) is 0 Å². The van der Waals surface area contributed by atoms with Gasteiger partial charge in [0.1, 0.15) is 0 Å². The van der Waals surface area contributed by atoms with Gasteiger partial charge in [0, 0.05) is 15.4 Å². The number of hydrogen-bond acceptors (Lipinski definition) is 6. The number of nitrogens with two attached hydrogens (primary N) is 1. The molecule has 0 spiro atoms. The smallest absolute Gasteiger partial charge is 0.179 e. The highest BCUT2D eigenvalue weighted by molar-refractivity contribution is 9.10. The Morgan fingerprint density at radius 1 is 1.37 bits per heavy atom. The van der Waals surface area contributed by atoms with Crippen LogP contribution in [0.3, 0.4) is 0 Å². The molecule has 1 heterocycles. The van der Waals surface area contributed by atoms with Gasteiger partial charge >= 0.3 is 0 Å². The highest BCUT2D eigenvalue weighted by atomic mass is 79.9. The van der Waals surface area contributed by atoms with Crippen LogP contribution < -0.4 is 5.73 Å². The first-order chi connectivity index (χ1) is 9.08. The summed E-state index contributed by atoms with van der Waals surface area (Å²) < 4.78 is 3.04. The summed E-state index contributed by atoms with van der Waals surface area (Å²) in [7, 11) is 0. The van der Waals surface area contributed by atoms with E-state index in [1.807, 2.05) is 19.2 Å². The second kappa shape index (κ2) is 7.08. The first-order valence-electron chi connectivity index (χ1n) is 5.68. The minimum atomic E-state index is 0.143. The zero-order valence-electron chi connectivity index (χ0n) is 10.6. The molecule has 1 atom stereocenters. The number of halogens is 1. The molecule has 1 aromatic heterocycles. The molecule has 2 aromatic rings. The van der Waals surface area contributed by atoms with Gasteiger partial charge in [0.2, 0.25) is 0 Å². The van der Waals surface area contributed by atoms with Crippen LogP contribution >= 0.6 is 50.8 Å². The van der Waals surface area contributed by atoms with Gasteiger partial charge in [0.05, 0.1) is 0 Å². The van der Waals surface area contributed by atoms with E-state index in [4.69, 9.17) is 5.73 Å². The molecule has 0 saturated heterocycles. The third-order valence-corrected chi connectivity index (χ3v) is 5.89. The SMILES string of the molecule is CSc1nnc(Sc2ccc(Br)cc2CC(C)N)s1. The van der Waals surface area contributed by atoms with E-state index in [2.05, 4.69) is 38.3 Å². The predicted octanol–water partition coefficient (Wildman–Crippen LogP) is 4.06. The molecular weight excluding hydrogens is 362 g/mol. The van der Waals surface area contributed by atoms with Crippen molar-refractivity contribution >= 4 is 50.8 Å². The molecule has 2 rings (SSSR count). The van der Waals surface area contributed by atoms with Gasteiger partial charge in [0.15, 0.2) is 8.68 Å². The van der Waals surface area contributed by atoms with Gasteiger partial charge in [-0.05, 0) is 43.4 Å². The number of aromatic nitrogens is 2. The van der Waals surface area contributed by atoms with Crippen LogP contribution in [0.15, 0.2) is 36.2 Å². The number of thioether (sulfide) groups is 1. The van der Waals surface area contributed by atoms with E-state index >= 15 is 0 Å². The normalized spacial score (nSPS) is 12.6. The zero-order valence-corrected chi connectivity index (χ0v) is 14.6. The van der Waals surface area contributed by atoms with Gasteiger partial charge in [-0.1, -0.05) is 50.8 Å². The highest BCUT2D eigenvalue weighted by Crippen LogP contribution is 2.35. The Balaban J connectivity index is 2.23. The van der Waals surface area contributed by atoms with E-state index in [0.717, 1.165) is 19.6 Å². The Bertz CT molecular complexity index is 557. The van der Waals surface area contributed by atoms with Crippen molar-refractivity contribution in [1.82, 2.24) is 10.2 Å². The molecule has 0 aliphatic rings. The molecule has 2 N–H and O–H groups in total. The van der Waals surface area contributed by atoms with Gasteiger partial charge in [0.25, 0.3) is 0 Å². The van der Waals surface area contributed by atoms with Gasteiger partial charge < -0.3 is 5.73 Å². The minimum Gasteiger partial charge on any atom is -0.328 e. The molecule has 0 aliphatic heterocycles. The number of benzene rings is 1. The third kappa shape index (κ3) is 4.46. The van der Waals surface area contributed by atoms with Crippen molar-refractivity contribution in [2.75, 3.05) is 6.26 Å². The Kier molecular flexibility index (Phi) is 5.70. The maximum absolute atomic E-state index is 5.91. The second-order valence-corrected chi connectivity index (χ2v) is 8.31. The second-order valence-electron chi connectivity index (χ2n) is 4.07. The maximum Gasteiger partial charge on any atom is 0.179 e. The molecule has 102 valence electrons. The summed E-state index contributed by atoms with van der Waals surface area (Å²) in [5, 5.41) is 8.31. The standard InChI is InChI=1S/C12H14BrN3S3/c1-7(14)5-8-6-9(13)3-4-10(8)18-12-16-15-11(17-2)19-12/h3-4,6-7H,5,14H2,1-2H3. The van der Waals surface area contributed by atoms with Crippen LogP contribution in [0, 0.1) is 0 Å². The topological polar surface area (TPSA) is 51.8 Å². The van der Waals surface area contributed by atoms with E-state index in [9.17, 15) is 0 Å². The molecule has 0 amide bonds. The molecule has 0 bridgehead atoms. The maximum atomic E-state index is 5.91. The van der Waals surface area contributed by atoms with Crippen LogP contribution in [0.5, 0.6) is 0 Å². The largest absolute Gasteiger partial charge is 0.328 e. The fourth-order valence-corrected chi connectivity index (χ4v) is 4.49. The van der Waals surface area contributed by atoms with Crippen LogP contribution in [-0.4, -0.2) is 22.5 Å². The summed E-state index contributed by atoms with van der Waals surface area (Å²) in [4.78, 5) is 1.20. The molecule has 0 saturated carbocycles. The number of nitrogens with zero attached hydrogens (tertiary/aromatic N) is 2. The van der Waals surface area contributed by atoms with Crippen LogP contribution in [0.25, 0.3) is 0 Å². The lowest BCUT2D eigenvalue weighted by Gasteiger charge is -2.10. The van der Waals surface area contributed by atoms with Gasteiger partial charge in [-0.15, -0.1) is 10.2 Å². The Morgan fingerprint density at radius 3 is 2.74 bits per heavy atom.